The quantitative estimate of drug-likeness (QED) is 0.575. The third-order valence-electron chi connectivity index (χ3n) is 4.12. The molecule has 1 aliphatic rings. The number of likely N-dealkylation sites (tertiary alicyclic amines) is 1. The largest absolute Gasteiger partial charge is 0.481 e. The minimum Gasteiger partial charge on any atom is -0.481 e. The van der Waals surface area contributed by atoms with E-state index in [1.54, 1.807) is 0 Å². The molecule has 0 radical (unpaired) electrons. The van der Waals surface area contributed by atoms with Gasteiger partial charge in [0.05, 0.1) is 12.8 Å². The standard InChI is InChI=1S/C11H16N2.C6H8O7/c1-9-5-6-10(8-12-9)11-4-3-7-13(11)2;7-3(8)1-6(13,5(11)12)2-4(9)10/h5-6,8,11H,3-4,7H2,1-2H3;13H,1-2H2,(H,7,8)(H,9,10)(H,11,12)/t11-;/m0./s1. The van der Waals surface area contributed by atoms with E-state index in [0.29, 0.717) is 6.04 Å². The molecule has 0 spiro atoms. The number of pyridine rings is 1. The molecule has 0 aliphatic carbocycles. The Kier molecular flexibility index (Phi) is 7.66. The van der Waals surface area contributed by atoms with Gasteiger partial charge >= 0.3 is 17.9 Å². The SMILES string of the molecule is Cc1ccc([C@@H]2CCCN2C)cn1.O=C(O)CC(O)(CC(=O)O)C(=O)O. The van der Waals surface area contributed by atoms with Crippen molar-refractivity contribution >= 4 is 17.9 Å². The van der Waals surface area contributed by atoms with Crippen molar-refractivity contribution in [3.05, 3.63) is 29.6 Å². The summed E-state index contributed by atoms with van der Waals surface area (Å²) in [6.07, 6.45) is 2.32. The van der Waals surface area contributed by atoms with Crippen molar-refractivity contribution < 1.29 is 34.8 Å². The summed E-state index contributed by atoms with van der Waals surface area (Å²) in [6, 6.07) is 4.91. The van der Waals surface area contributed by atoms with Crippen LogP contribution in [-0.4, -0.2) is 67.4 Å². The summed E-state index contributed by atoms with van der Waals surface area (Å²) in [6.45, 7) is 3.25. The van der Waals surface area contributed by atoms with Gasteiger partial charge in [-0.2, -0.15) is 0 Å². The molecule has 1 fully saturated rings. The zero-order chi connectivity index (χ0) is 19.9. The Labute approximate surface area is 150 Å². The second-order valence-corrected chi connectivity index (χ2v) is 6.35. The molecule has 144 valence electrons. The lowest BCUT2D eigenvalue weighted by Gasteiger charge is -2.19. The van der Waals surface area contributed by atoms with Crippen LogP contribution in [0.2, 0.25) is 0 Å². The molecule has 4 N–H and O–H groups in total. The van der Waals surface area contributed by atoms with Gasteiger partial charge in [-0.3, -0.25) is 19.5 Å². The Bertz CT molecular complexity index is 629. The maximum Gasteiger partial charge on any atom is 0.336 e. The highest BCUT2D eigenvalue weighted by atomic mass is 16.4. The summed E-state index contributed by atoms with van der Waals surface area (Å²) in [5.74, 6) is -5.02. The first-order chi connectivity index (χ1) is 12.0. The van der Waals surface area contributed by atoms with Crippen LogP contribution in [0.1, 0.15) is 43.0 Å². The third kappa shape index (κ3) is 6.41. The van der Waals surface area contributed by atoms with Gasteiger partial charge in [0.15, 0.2) is 5.60 Å². The average Bonchev–Trinajstić information content (AvgIpc) is 2.93. The molecule has 0 amide bonds. The molecule has 9 heteroatoms. The van der Waals surface area contributed by atoms with E-state index in [0.717, 1.165) is 5.69 Å². The summed E-state index contributed by atoms with van der Waals surface area (Å²) < 4.78 is 0. The lowest BCUT2D eigenvalue weighted by Crippen LogP contribution is -2.42. The van der Waals surface area contributed by atoms with Gasteiger partial charge in [0.25, 0.3) is 0 Å². The number of nitrogens with zero attached hydrogens (tertiary/aromatic N) is 2. The Morgan fingerprint density at radius 2 is 1.77 bits per heavy atom. The van der Waals surface area contributed by atoms with Gasteiger partial charge in [0.1, 0.15) is 0 Å². The lowest BCUT2D eigenvalue weighted by atomic mass is 9.96. The summed E-state index contributed by atoms with van der Waals surface area (Å²) in [7, 11) is 2.19. The number of hydrogen-bond acceptors (Lipinski definition) is 6. The molecule has 1 aromatic heterocycles. The number of hydrogen-bond donors (Lipinski definition) is 4. The van der Waals surface area contributed by atoms with Crippen LogP contribution in [0.15, 0.2) is 18.3 Å². The highest BCUT2D eigenvalue weighted by molar-refractivity contribution is 5.88. The van der Waals surface area contributed by atoms with Crippen molar-refractivity contribution in [3.8, 4) is 0 Å². The molecule has 0 unspecified atom stereocenters. The fourth-order valence-electron chi connectivity index (χ4n) is 2.72. The van der Waals surface area contributed by atoms with Crippen LogP contribution >= 0.6 is 0 Å². The van der Waals surface area contributed by atoms with Gasteiger partial charge in [0, 0.05) is 17.9 Å². The van der Waals surface area contributed by atoms with Gasteiger partial charge in [-0.1, -0.05) is 6.07 Å². The third-order valence-corrected chi connectivity index (χ3v) is 4.12. The molecule has 1 saturated heterocycles. The fraction of sp³-hybridized carbons (Fsp3) is 0.529. The van der Waals surface area contributed by atoms with Crippen LogP contribution in [-0.2, 0) is 14.4 Å². The van der Waals surface area contributed by atoms with Crippen LogP contribution in [0, 0.1) is 6.92 Å². The Morgan fingerprint density at radius 1 is 1.19 bits per heavy atom. The number of aromatic nitrogens is 1. The molecule has 2 rings (SSSR count). The number of carboxylic acids is 3. The van der Waals surface area contributed by atoms with Crippen LogP contribution in [0.5, 0.6) is 0 Å². The number of carboxylic acid groups (broad SMARTS) is 3. The predicted molar refractivity (Wildman–Crippen MR) is 90.7 cm³/mol. The van der Waals surface area contributed by atoms with E-state index < -0.39 is 36.4 Å². The minimum absolute atomic E-state index is 0.605. The zero-order valence-corrected chi connectivity index (χ0v) is 14.8. The van der Waals surface area contributed by atoms with E-state index in [9.17, 15) is 14.4 Å². The minimum atomic E-state index is -2.74. The van der Waals surface area contributed by atoms with Crippen LogP contribution < -0.4 is 0 Å². The first-order valence-corrected chi connectivity index (χ1v) is 8.07. The number of rotatable bonds is 6. The Balaban J connectivity index is 0.000000260. The smallest absolute Gasteiger partial charge is 0.336 e. The second kappa shape index (κ2) is 9.25. The molecular formula is C17H24N2O7. The monoisotopic (exact) mass is 368 g/mol. The van der Waals surface area contributed by atoms with E-state index in [2.05, 4.69) is 29.1 Å². The van der Waals surface area contributed by atoms with Gasteiger partial charge < -0.3 is 20.4 Å². The first kappa shape index (κ1) is 21.5. The maximum atomic E-state index is 10.3. The highest BCUT2D eigenvalue weighted by Gasteiger charge is 2.40. The molecule has 1 aromatic rings. The summed E-state index contributed by atoms with van der Waals surface area (Å²) in [5, 5.41) is 33.8. The molecular weight excluding hydrogens is 344 g/mol. The van der Waals surface area contributed by atoms with E-state index in [1.165, 1.54) is 24.9 Å². The van der Waals surface area contributed by atoms with Gasteiger partial charge in [-0.15, -0.1) is 0 Å². The summed E-state index contributed by atoms with van der Waals surface area (Å²) >= 11 is 0. The van der Waals surface area contributed by atoms with Crippen molar-refractivity contribution in [1.29, 1.82) is 0 Å². The van der Waals surface area contributed by atoms with Gasteiger partial charge in [-0.25, -0.2) is 4.79 Å². The summed E-state index contributed by atoms with van der Waals surface area (Å²) in [5.41, 5.74) is -0.271. The topological polar surface area (TPSA) is 148 Å². The Hall–Kier alpha value is -2.52. The number of aliphatic hydroxyl groups is 1. The lowest BCUT2D eigenvalue weighted by molar-refractivity contribution is -0.170. The van der Waals surface area contributed by atoms with Gasteiger partial charge in [0.2, 0.25) is 0 Å². The molecule has 9 nitrogen and oxygen atoms in total. The van der Waals surface area contributed by atoms with E-state index in [1.807, 2.05) is 13.1 Å². The van der Waals surface area contributed by atoms with Crippen molar-refractivity contribution in [2.24, 2.45) is 0 Å². The number of carbonyl (C=O) groups is 3. The zero-order valence-electron chi connectivity index (χ0n) is 14.8. The molecule has 26 heavy (non-hydrogen) atoms. The first-order valence-electron chi connectivity index (χ1n) is 8.07. The normalized spacial score (nSPS) is 17.3. The molecule has 2 heterocycles. The van der Waals surface area contributed by atoms with Gasteiger partial charge in [-0.05, 0) is 45.0 Å². The fourth-order valence-corrected chi connectivity index (χ4v) is 2.72. The molecule has 0 bridgehead atoms. The number of aryl methyl sites for hydroxylation is 1. The highest BCUT2D eigenvalue weighted by Crippen LogP contribution is 2.29. The predicted octanol–water partition coefficient (Wildman–Crippen LogP) is 0.908. The molecule has 1 aliphatic heterocycles. The van der Waals surface area contributed by atoms with E-state index >= 15 is 0 Å². The average molecular weight is 368 g/mol. The number of aliphatic carboxylic acids is 3. The molecule has 1 atom stereocenters. The maximum absolute atomic E-state index is 10.3. The van der Waals surface area contributed by atoms with Crippen molar-refractivity contribution in [3.63, 3.8) is 0 Å². The second-order valence-electron chi connectivity index (χ2n) is 6.35. The molecule has 0 aromatic carbocycles. The Morgan fingerprint density at radius 3 is 2.12 bits per heavy atom. The van der Waals surface area contributed by atoms with Crippen LogP contribution in [0.25, 0.3) is 0 Å². The van der Waals surface area contributed by atoms with Crippen molar-refractivity contribution in [1.82, 2.24) is 9.88 Å². The van der Waals surface area contributed by atoms with E-state index in [4.69, 9.17) is 20.4 Å². The summed E-state index contributed by atoms with van der Waals surface area (Å²) in [4.78, 5) is 37.2. The van der Waals surface area contributed by atoms with Crippen LogP contribution in [0.4, 0.5) is 0 Å². The van der Waals surface area contributed by atoms with Crippen molar-refractivity contribution in [2.75, 3.05) is 13.6 Å². The van der Waals surface area contributed by atoms with Crippen molar-refractivity contribution in [2.45, 2.75) is 44.2 Å². The molecule has 0 saturated carbocycles. The van der Waals surface area contributed by atoms with Crippen LogP contribution in [0.3, 0.4) is 0 Å². The van der Waals surface area contributed by atoms with E-state index in [-0.39, 0.29) is 0 Å².